The van der Waals surface area contributed by atoms with Crippen LogP contribution < -0.4 is 0 Å². The third kappa shape index (κ3) is 2.68. The molecule has 1 aliphatic heterocycles. The van der Waals surface area contributed by atoms with Crippen molar-refractivity contribution in [2.75, 3.05) is 20.2 Å². The Balaban J connectivity index is 1.70. The number of carbonyl (C=O) groups excluding carboxylic acids is 1. The fourth-order valence-electron chi connectivity index (χ4n) is 2.47. The molecule has 0 N–H and O–H groups in total. The first-order valence-electron chi connectivity index (χ1n) is 6.87. The Morgan fingerprint density at radius 2 is 2.25 bits per heavy atom. The number of nitrogens with zero attached hydrogens (tertiary/aromatic N) is 4. The lowest BCUT2D eigenvalue weighted by Crippen LogP contribution is -2.28. The summed E-state index contributed by atoms with van der Waals surface area (Å²) in [5.41, 5.74) is 0.866. The van der Waals surface area contributed by atoms with E-state index in [0.717, 1.165) is 18.5 Å². The van der Waals surface area contributed by atoms with Gasteiger partial charge < -0.3 is 9.64 Å². The van der Waals surface area contributed by atoms with Crippen LogP contribution in [0, 0.1) is 17.8 Å². The lowest BCUT2D eigenvalue weighted by molar-refractivity contribution is -0.124. The highest BCUT2D eigenvalue weighted by Crippen LogP contribution is 2.29. The Hall–Kier alpha value is -1.87. The molecule has 0 spiro atoms. The van der Waals surface area contributed by atoms with Crippen molar-refractivity contribution >= 4 is 5.91 Å². The van der Waals surface area contributed by atoms with E-state index < -0.39 is 0 Å². The zero-order chi connectivity index (χ0) is 14.1. The molecule has 2 fully saturated rings. The maximum atomic E-state index is 12.1. The molecule has 6 heteroatoms. The van der Waals surface area contributed by atoms with Crippen LogP contribution >= 0.6 is 0 Å². The Bertz CT molecular complexity index is 567. The molecule has 2 aliphatic rings. The van der Waals surface area contributed by atoms with E-state index >= 15 is 0 Å². The lowest BCUT2D eigenvalue weighted by atomic mass is 10.0. The molecule has 20 heavy (non-hydrogen) atoms. The number of likely N-dealkylation sites (tertiary alicyclic amines) is 1. The molecule has 0 radical (unpaired) electrons. The van der Waals surface area contributed by atoms with Crippen LogP contribution in [0.25, 0.3) is 0 Å². The minimum Gasteiger partial charge on any atom is -0.379 e. The normalized spacial score (nSPS) is 25.4. The van der Waals surface area contributed by atoms with Gasteiger partial charge in [0.2, 0.25) is 0 Å². The predicted molar refractivity (Wildman–Crippen MR) is 71.6 cm³/mol. The highest BCUT2D eigenvalue weighted by Gasteiger charge is 2.37. The summed E-state index contributed by atoms with van der Waals surface area (Å²) in [7, 11) is 3.50. The zero-order valence-corrected chi connectivity index (χ0v) is 11.7. The van der Waals surface area contributed by atoms with Crippen molar-refractivity contribution in [3.8, 4) is 11.8 Å². The maximum absolute atomic E-state index is 12.1. The summed E-state index contributed by atoms with van der Waals surface area (Å²) in [5, 5.41) is 8.08. The van der Waals surface area contributed by atoms with E-state index in [4.69, 9.17) is 4.74 Å². The molecule has 1 saturated heterocycles. The predicted octanol–water partition coefficient (Wildman–Crippen LogP) is 0.169. The first kappa shape index (κ1) is 13.1. The number of methoxy groups -OCH3 is 1. The van der Waals surface area contributed by atoms with Crippen molar-refractivity contribution < 1.29 is 9.53 Å². The van der Waals surface area contributed by atoms with Gasteiger partial charge in [-0.05, 0) is 18.8 Å². The number of aromatic nitrogens is 3. The second-order valence-corrected chi connectivity index (χ2v) is 5.45. The molecular formula is C14H18N4O2. The molecular weight excluding hydrogens is 256 g/mol. The van der Waals surface area contributed by atoms with E-state index in [1.165, 1.54) is 0 Å². The first-order valence-corrected chi connectivity index (χ1v) is 6.87. The van der Waals surface area contributed by atoms with Gasteiger partial charge in [0.05, 0.1) is 17.7 Å². The van der Waals surface area contributed by atoms with Gasteiger partial charge in [0.15, 0.2) is 0 Å². The van der Waals surface area contributed by atoms with E-state index in [2.05, 4.69) is 22.2 Å². The van der Waals surface area contributed by atoms with E-state index in [1.807, 2.05) is 13.2 Å². The summed E-state index contributed by atoms with van der Waals surface area (Å²) >= 11 is 0. The quantitative estimate of drug-likeness (QED) is 0.721. The summed E-state index contributed by atoms with van der Waals surface area (Å²) in [5.74, 6) is 6.16. The Kier molecular flexibility index (Phi) is 3.45. The minimum atomic E-state index is -0.106. The zero-order valence-electron chi connectivity index (χ0n) is 11.7. The highest BCUT2D eigenvalue weighted by atomic mass is 16.5. The van der Waals surface area contributed by atoms with Crippen LogP contribution in [0.4, 0.5) is 0 Å². The molecule has 106 valence electrons. The Morgan fingerprint density at radius 3 is 2.85 bits per heavy atom. The molecule has 1 saturated carbocycles. The van der Waals surface area contributed by atoms with Crippen LogP contribution in [0.2, 0.25) is 0 Å². The van der Waals surface area contributed by atoms with Crippen molar-refractivity contribution in [1.82, 2.24) is 19.9 Å². The SMILES string of the molecule is CO[C@@H]1CN(C(=O)C#CC2CC2)C[C@H]1c1cn(C)nn1. The number of hydrogen-bond donors (Lipinski definition) is 0. The van der Waals surface area contributed by atoms with Gasteiger partial charge in [0.1, 0.15) is 0 Å². The summed E-state index contributed by atoms with van der Waals surface area (Å²) in [4.78, 5) is 13.8. The van der Waals surface area contributed by atoms with E-state index in [0.29, 0.717) is 19.0 Å². The molecule has 0 bridgehead atoms. The monoisotopic (exact) mass is 274 g/mol. The van der Waals surface area contributed by atoms with Gasteiger partial charge >= 0.3 is 0 Å². The largest absolute Gasteiger partial charge is 0.379 e. The van der Waals surface area contributed by atoms with Crippen LogP contribution in [0.3, 0.4) is 0 Å². The smallest absolute Gasteiger partial charge is 0.298 e. The second kappa shape index (κ2) is 5.25. The molecule has 3 rings (SSSR count). The van der Waals surface area contributed by atoms with Gasteiger partial charge in [-0.2, -0.15) is 0 Å². The summed E-state index contributed by atoms with van der Waals surface area (Å²) in [6, 6.07) is 0. The van der Waals surface area contributed by atoms with Gasteiger partial charge in [0.25, 0.3) is 5.91 Å². The van der Waals surface area contributed by atoms with Gasteiger partial charge in [-0.15, -0.1) is 5.10 Å². The number of ether oxygens (including phenoxy) is 1. The number of aryl methyl sites for hydroxylation is 1. The van der Waals surface area contributed by atoms with Gasteiger partial charge in [-0.3, -0.25) is 9.48 Å². The fraction of sp³-hybridized carbons (Fsp3) is 0.643. The van der Waals surface area contributed by atoms with Crippen molar-refractivity contribution in [2.24, 2.45) is 13.0 Å². The summed E-state index contributed by atoms with van der Waals surface area (Å²) in [6.07, 6.45) is 4.09. The van der Waals surface area contributed by atoms with E-state index in [9.17, 15) is 4.79 Å². The number of carbonyl (C=O) groups is 1. The second-order valence-electron chi connectivity index (χ2n) is 5.45. The molecule has 1 amide bonds. The fourth-order valence-corrected chi connectivity index (χ4v) is 2.47. The molecule has 2 heterocycles. The number of amides is 1. The molecule has 0 unspecified atom stereocenters. The maximum Gasteiger partial charge on any atom is 0.298 e. The van der Waals surface area contributed by atoms with Crippen LogP contribution in [-0.2, 0) is 16.6 Å². The van der Waals surface area contributed by atoms with Gasteiger partial charge in [-0.1, -0.05) is 11.1 Å². The van der Waals surface area contributed by atoms with Crippen LogP contribution in [0.15, 0.2) is 6.20 Å². The average Bonchev–Trinajstić information content (AvgIpc) is 3.01. The van der Waals surface area contributed by atoms with Gasteiger partial charge in [-0.25, -0.2) is 0 Å². The third-order valence-corrected chi connectivity index (χ3v) is 3.82. The van der Waals surface area contributed by atoms with Crippen LogP contribution in [0.1, 0.15) is 24.5 Å². The number of rotatable bonds is 2. The minimum absolute atomic E-state index is 0.0432. The number of hydrogen-bond acceptors (Lipinski definition) is 4. The summed E-state index contributed by atoms with van der Waals surface area (Å²) in [6.45, 7) is 1.16. The van der Waals surface area contributed by atoms with Crippen LogP contribution in [-0.4, -0.2) is 52.1 Å². The standard InChI is InChI=1S/C14H18N4O2/c1-17-8-12(15-16-17)11-7-18(9-13(11)20-2)14(19)6-5-10-3-4-10/h8,10-11,13H,3-4,7,9H2,1-2H3/t11-,13+/m0/s1. The molecule has 0 aromatic carbocycles. The molecule has 1 aliphatic carbocycles. The van der Waals surface area contributed by atoms with Crippen LogP contribution in [0.5, 0.6) is 0 Å². The van der Waals surface area contributed by atoms with E-state index in [1.54, 1.807) is 16.7 Å². The Labute approximate surface area is 118 Å². The highest BCUT2D eigenvalue weighted by molar-refractivity contribution is 5.93. The van der Waals surface area contributed by atoms with E-state index in [-0.39, 0.29) is 17.9 Å². The lowest BCUT2D eigenvalue weighted by Gasteiger charge is -2.12. The molecule has 1 aromatic heterocycles. The Morgan fingerprint density at radius 1 is 1.45 bits per heavy atom. The first-order chi connectivity index (χ1) is 9.67. The molecule has 2 atom stereocenters. The topological polar surface area (TPSA) is 60.2 Å². The summed E-state index contributed by atoms with van der Waals surface area (Å²) < 4.78 is 7.15. The van der Waals surface area contributed by atoms with Crippen molar-refractivity contribution in [3.63, 3.8) is 0 Å². The van der Waals surface area contributed by atoms with Crippen molar-refractivity contribution in [2.45, 2.75) is 24.9 Å². The van der Waals surface area contributed by atoms with Gasteiger partial charge in [0, 0.05) is 39.4 Å². The third-order valence-electron chi connectivity index (χ3n) is 3.82. The molecule has 6 nitrogen and oxygen atoms in total. The van der Waals surface area contributed by atoms with Crippen molar-refractivity contribution in [3.05, 3.63) is 11.9 Å². The van der Waals surface area contributed by atoms with Crippen molar-refractivity contribution in [1.29, 1.82) is 0 Å². The molecule has 1 aromatic rings. The average molecular weight is 274 g/mol.